The van der Waals surface area contributed by atoms with Gasteiger partial charge < -0.3 is 25.0 Å². The minimum atomic E-state index is -4.70. The van der Waals surface area contributed by atoms with Crippen molar-refractivity contribution >= 4 is 23.4 Å². The van der Waals surface area contributed by atoms with Crippen molar-refractivity contribution in [3.8, 4) is 5.75 Å². The standard InChI is InChI=1S/C19H20F5N5O3/c1-3-25-16-10(19(22,23)24)9-26-18(28-16)27-12-8-11(20)13(14(21)15(12)31-2)17(30)29-4-6-32-7-5-29/h8-9H,3-7H2,1-2H3,(H2,25,26,27,28). The molecule has 3 rings (SSSR count). The number of benzene rings is 1. The first-order valence-electron chi connectivity index (χ1n) is 9.55. The lowest BCUT2D eigenvalue weighted by molar-refractivity contribution is -0.137. The molecule has 2 heterocycles. The Labute approximate surface area is 179 Å². The summed E-state index contributed by atoms with van der Waals surface area (Å²) >= 11 is 0. The molecule has 1 aliphatic rings. The molecule has 0 bridgehead atoms. The third-order valence-electron chi connectivity index (χ3n) is 4.57. The van der Waals surface area contributed by atoms with E-state index in [2.05, 4.69) is 20.6 Å². The number of morpholine rings is 1. The SMILES string of the molecule is CCNc1nc(Nc2cc(F)c(C(=O)N3CCOCC3)c(F)c2OC)ncc1C(F)(F)F. The van der Waals surface area contributed by atoms with Crippen LogP contribution in [0.2, 0.25) is 0 Å². The molecule has 2 N–H and O–H groups in total. The minimum absolute atomic E-state index is 0.143. The molecule has 1 fully saturated rings. The number of rotatable bonds is 6. The average molecular weight is 461 g/mol. The number of anilines is 3. The first-order valence-corrected chi connectivity index (χ1v) is 9.55. The van der Waals surface area contributed by atoms with E-state index in [0.717, 1.165) is 13.2 Å². The number of nitrogens with one attached hydrogen (secondary N) is 2. The Morgan fingerprint density at radius 2 is 1.97 bits per heavy atom. The molecule has 0 radical (unpaired) electrons. The number of carbonyl (C=O) groups is 1. The van der Waals surface area contributed by atoms with Gasteiger partial charge in [0.2, 0.25) is 5.95 Å². The fourth-order valence-corrected chi connectivity index (χ4v) is 3.09. The van der Waals surface area contributed by atoms with Crippen molar-refractivity contribution in [3.63, 3.8) is 0 Å². The average Bonchev–Trinajstić information content (AvgIpc) is 2.74. The van der Waals surface area contributed by atoms with Gasteiger partial charge in [0.1, 0.15) is 22.8 Å². The second kappa shape index (κ2) is 9.51. The molecular formula is C19H20F5N5O3. The highest BCUT2D eigenvalue weighted by Crippen LogP contribution is 2.36. The van der Waals surface area contributed by atoms with Gasteiger partial charge in [-0.25, -0.2) is 13.8 Å². The molecule has 0 spiro atoms. The van der Waals surface area contributed by atoms with Crippen LogP contribution in [0.1, 0.15) is 22.8 Å². The van der Waals surface area contributed by atoms with Gasteiger partial charge in [-0.05, 0) is 6.92 Å². The number of aromatic nitrogens is 2. The van der Waals surface area contributed by atoms with Crippen molar-refractivity contribution in [2.75, 3.05) is 50.6 Å². The largest absolute Gasteiger partial charge is 0.492 e. The summed E-state index contributed by atoms with van der Waals surface area (Å²) in [6.07, 6.45) is -4.16. The predicted octanol–water partition coefficient (Wildman–Crippen LogP) is 3.43. The Balaban J connectivity index is 1.97. The van der Waals surface area contributed by atoms with Gasteiger partial charge >= 0.3 is 6.18 Å². The number of alkyl halides is 3. The number of ether oxygens (including phenoxy) is 2. The predicted molar refractivity (Wildman–Crippen MR) is 104 cm³/mol. The second-order valence-corrected chi connectivity index (χ2v) is 6.64. The van der Waals surface area contributed by atoms with Crippen molar-refractivity contribution in [2.45, 2.75) is 13.1 Å². The maximum absolute atomic E-state index is 15.0. The molecule has 2 aromatic rings. The fraction of sp³-hybridized carbons (Fsp3) is 0.421. The van der Waals surface area contributed by atoms with Crippen LogP contribution in [0.5, 0.6) is 5.75 Å². The summed E-state index contributed by atoms with van der Waals surface area (Å²) < 4.78 is 79.3. The van der Waals surface area contributed by atoms with Crippen LogP contribution in [-0.4, -0.2) is 60.7 Å². The summed E-state index contributed by atoms with van der Waals surface area (Å²) in [6, 6.07) is 0.795. The number of amides is 1. The Bertz CT molecular complexity index is 996. The van der Waals surface area contributed by atoms with Gasteiger partial charge in [0.05, 0.1) is 26.0 Å². The number of nitrogens with zero attached hydrogens (tertiary/aromatic N) is 3. The van der Waals surface area contributed by atoms with E-state index >= 15 is 4.39 Å². The minimum Gasteiger partial charge on any atom is -0.492 e. The summed E-state index contributed by atoms with van der Waals surface area (Å²) in [5.41, 5.74) is -2.21. The molecule has 13 heteroatoms. The zero-order valence-electron chi connectivity index (χ0n) is 17.1. The monoisotopic (exact) mass is 461 g/mol. The lowest BCUT2D eigenvalue weighted by Crippen LogP contribution is -2.41. The van der Waals surface area contributed by atoms with Gasteiger partial charge in [0, 0.05) is 31.9 Å². The van der Waals surface area contributed by atoms with E-state index in [1.807, 2.05) is 0 Å². The molecule has 1 saturated heterocycles. The van der Waals surface area contributed by atoms with Gasteiger partial charge in [-0.2, -0.15) is 18.2 Å². The molecule has 8 nitrogen and oxygen atoms in total. The molecular weight excluding hydrogens is 441 g/mol. The Morgan fingerprint density at radius 3 is 2.56 bits per heavy atom. The number of hydrogen-bond acceptors (Lipinski definition) is 7. The van der Waals surface area contributed by atoms with E-state index in [1.165, 1.54) is 4.90 Å². The maximum atomic E-state index is 15.0. The lowest BCUT2D eigenvalue weighted by Gasteiger charge is -2.27. The molecule has 1 aliphatic heterocycles. The molecule has 174 valence electrons. The molecule has 1 amide bonds. The van der Waals surface area contributed by atoms with Crippen LogP contribution in [0.4, 0.5) is 39.4 Å². The van der Waals surface area contributed by atoms with Crippen molar-refractivity contribution in [1.29, 1.82) is 0 Å². The highest BCUT2D eigenvalue weighted by molar-refractivity contribution is 5.96. The van der Waals surface area contributed by atoms with Gasteiger partial charge in [-0.1, -0.05) is 0 Å². The zero-order valence-corrected chi connectivity index (χ0v) is 17.1. The van der Waals surface area contributed by atoms with Crippen molar-refractivity contribution < 1.29 is 36.2 Å². The third-order valence-corrected chi connectivity index (χ3v) is 4.57. The van der Waals surface area contributed by atoms with Crippen LogP contribution >= 0.6 is 0 Å². The lowest BCUT2D eigenvalue weighted by atomic mass is 10.1. The molecule has 32 heavy (non-hydrogen) atoms. The zero-order chi connectivity index (χ0) is 23.5. The van der Waals surface area contributed by atoms with E-state index in [1.54, 1.807) is 6.92 Å². The van der Waals surface area contributed by atoms with Crippen LogP contribution in [0, 0.1) is 11.6 Å². The molecule has 1 aromatic heterocycles. The van der Waals surface area contributed by atoms with Gasteiger partial charge in [-0.3, -0.25) is 4.79 Å². The van der Waals surface area contributed by atoms with E-state index in [4.69, 9.17) is 9.47 Å². The molecule has 0 atom stereocenters. The van der Waals surface area contributed by atoms with Gasteiger partial charge in [-0.15, -0.1) is 0 Å². The molecule has 0 aliphatic carbocycles. The van der Waals surface area contributed by atoms with E-state index in [0.29, 0.717) is 6.20 Å². The van der Waals surface area contributed by atoms with Gasteiger partial charge in [0.15, 0.2) is 11.6 Å². The van der Waals surface area contributed by atoms with E-state index < -0.39 is 46.4 Å². The number of hydrogen-bond donors (Lipinski definition) is 2. The fourth-order valence-electron chi connectivity index (χ4n) is 3.09. The summed E-state index contributed by atoms with van der Waals surface area (Å²) in [6.45, 7) is 2.55. The van der Waals surface area contributed by atoms with Crippen LogP contribution in [0.3, 0.4) is 0 Å². The van der Waals surface area contributed by atoms with Crippen LogP contribution in [-0.2, 0) is 10.9 Å². The number of halogens is 5. The van der Waals surface area contributed by atoms with E-state index in [9.17, 15) is 22.4 Å². The smallest absolute Gasteiger partial charge is 0.421 e. The molecule has 0 saturated carbocycles. The second-order valence-electron chi connectivity index (χ2n) is 6.64. The van der Waals surface area contributed by atoms with Crippen LogP contribution in [0.15, 0.2) is 12.3 Å². The van der Waals surface area contributed by atoms with Crippen molar-refractivity contribution in [2.24, 2.45) is 0 Å². The maximum Gasteiger partial charge on any atom is 0.421 e. The van der Waals surface area contributed by atoms with E-state index in [-0.39, 0.29) is 44.5 Å². The highest BCUT2D eigenvalue weighted by Gasteiger charge is 2.35. The molecule has 1 aromatic carbocycles. The first-order chi connectivity index (χ1) is 15.2. The Hall–Kier alpha value is -3.22. The highest BCUT2D eigenvalue weighted by atomic mass is 19.4. The normalized spacial score (nSPS) is 14.3. The summed E-state index contributed by atoms with van der Waals surface area (Å²) in [7, 11) is 1.10. The number of carbonyl (C=O) groups excluding carboxylic acids is 1. The van der Waals surface area contributed by atoms with Crippen molar-refractivity contribution in [1.82, 2.24) is 14.9 Å². The summed E-state index contributed by atoms with van der Waals surface area (Å²) in [4.78, 5) is 21.2. The summed E-state index contributed by atoms with van der Waals surface area (Å²) in [5.74, 6) is -4.69. The Kier molecular flexibility index (Phi) is 6.96. The molecule has 0 unspecified atom stereocenters. The summed E-state index contributed by atoms with van der Waals surface area (Å²) in [5, 5.41) is 4.92. The topological polar surface area (TPSA) is 88.6 Å². The first kappa shape index (κ1) is 23.4. The third kappa shape index (κ3) is 4.82. The van der Waals surface area contributed by atoms with Crippen LogP contribution in [0.25, 0.3) is 0 Å². The van der Waals surface area contributed by atoms with Gasteiger partial charge in [0.25, 0.3) is 5.91 Å². The Morgan fingerprint density at radius 1 is 1.28 bits per heavy atom. The van der Waals surface area contributed by atoms with Crippen LogP contribution < -0.4 is 15.4 Å². The number of methoxy groups -OCH3 is 1. The quantitative estimate of drug-likeness (QED) is 0.638. The van der Waals surface area contributed by atoms with Crippen molar-refractivity contribution in [3.05, 3.63) is 35.0 Å².